The highest BCUT2D eigenvalue weighted by Gasteiger charge is 2.16. The number of hydrogen-bond acceptors (Lipinski definition) is 6. The number of hydrogen-bond donors (Lipinski definition) is 2. The fourth-order valence-electron chi connectivity index (χ4n) is 1.71. The first kappa shape index (κ1) is 17.3. The van der Waals surface area contributed by atoms with E-state index in [2.05, 4.69) is 10.5 Å². The highest BCUT2D eigenvalue weighted by Crippen LogP contribution is 2.38. The summed E-state index contributed by atoms with van der Waals surface area (Å²) in [5.74, 6) is 0.0796. The number of hydrazone groups is 1. The minimum absolute atomic E-state index is 0.0322. The van der Waals surface area contributed by atoms with Gasteiger partial charge in [-0.15, -0.1) is 0 Å². The van der Waals surface area contributed by atoms with Crippen LogP contribution in [-0.2, 0) is 4.79 Å². The van der Waals surface area contributed by atoms with Crippen LogP contribution in [0.4, 0.5) is 0 Å². The molecule has 0 atom stereocenters. The average molecular weight is 309 g/mol. The molecule has 0 aliphatic rings. The van der Waals surface area contributed by atoms with Crippen LogP contribution in [0.1, 0.15) is 23.7 Å². The van der Waals surface area contributed by atoms with E-state index in [1.54, 1.807) is 6.92 Å². The molecule has 0 fully saturated rings. The molecule has 8 heteroatoms. The molecule has 0 aliphatic heterocycles. The summed E-state index contributed by atoms with van der Waals surface area (Å²) in [4.78, 5) is 22.8. The van der Waals surface area contributed by atoms with Gasteiger partial charge in [0, 0.05) is 11.3 Å². The molecule has 0 aliphatic carbocycles. The molecule has 1 aromatic rings. The van der Waals surface area contributed by atoms with Gasteiger partial charge >= 0.3 is 0 Å². The Balaban J connectivity index is 3.01. The van der Waals surface area contributed by atoms with Gasteiger partial charge in [0.15, 0.2) is 11.5 Å². The van der Waals surface area contributed by atoms with E-state index in [1.165, 1.54) is 33.5 Å². The van der Waals surface area contributed by atoms with Crippen LogP contribution in [0, 0.1) is 0 Å². The van der Waals surface area contributed by atoms with E-state index in [9.17, 15) is 9.59 Å². The van der Waals surface area contributed by atoms with Crippen molar-refractivity contribution < 1.29 is 23.8 Å². The fourth-order valence-corrected chi connectivity index (χ4v) is 1.71. The van der Waals surface area contributed by atoms with Crippen LogP contribution in [0.25, 0.3) is 0 Å². The van der Waals surface area contributed by atoms with Gasteiger partial charge in [-0.2, -0.15) is 5.10 Å². The third kappa shape index (κ3) is 4.37. The van der Waals surface area contributed by atoms with Gasteiger partial charge in [-0.1, -0.05) is 0 Å². The maximum atomic E-state index is 12.1. The third-order valence-electron chi connectivity index (χ3n) is 2.71. The SMILES string of the molecule is COc1cc(C(=O)N/N=C(\C)CC(N)=O)cc(OC)c1OC. The number of methoxy groups -OCH3 is 3. The number of nitrogens with one attached hydrogen (secondary N) is 1. The molecule has 22 heavy (non-hydrogen) atoms. The molecule has 120 valence electrons. The summed E-state index contributed by atoms with van der Waals surface area (Å²) in [6.07, 6.45) is -0.0322. The lowest BCUT2D eigenvalue weighted by Gasteiger charge is -2.13. The van der Waals surface area contributed by atoms with E-state index in [0.717, 1.165) is 0 Å². The van der Waals surface area contributed by atoms with Crippen LogP contribution in [0.2, 0.25) is 0 Å². The molecule has 1 rings (SSSR count). The Kier molecular flexibility index (Phi) is 6.18. The number of primary amides is 1. The molecule has 0 saturated heterocycles. The second-order valence-corrected chi connectivity index (χ2v) is 4.35. The standard InChI is InChI=1S/C14H19N3O5/c1-8(5-12(15)18)16-17-14(19)9-6-10(20-2)13(22-4)11(7-9)21-3/h6-7H,5H2,1-4H3,(H2,15,18)(H,17,19)/b16-8+. The van der Waals surface area contributed by atoms with E-state index in [1.807, 2.05) is 0 Å². The monoisotopic (exact) mass is 309 g/mol. The number of carbonyl (C=O) groups is 2. The molecule has 0 saturated carbocycles. The normalized spacial score (nSPS) is 10.8. The Bertz CT molecular complexity index is 573. The van der Waals surface area contributed by atoms with Gasteiger partial charge in [0.25, 0.3) is 5.91 Å². The van der Waals surface area contributed by atoms with Gasteiger partial charge < -0.3 is 19.9 Å². The molecule has 2 amide bonds. The van der Waals surface area contributed by atoms with E-state index in [-0.39, 0.29) is 12.0 Å². The lowest BCUT2D eigenvalue weighted by Crippen LogP contribution is -2.21. The Hall–Kier alpha value is -2.77. The van der Waals surface area contributed by atoms with Crippen molar-refractivity contribution in [3.05, 3.63) is 17.7 Å². The van der Waals surface area contributed by atoms with E-state index >= 15 is 0 Å². The number of nitrogens with zero attached hydrogens (tertiary/aromatic N) is 1. The first-order chi connectivity index (χ1) is 10.4. The molecular formula is C14H19N3O5. The number of benzene rings is 1. The molecule has 0 heterocycles. The van der Waals surface area contributed by atoms with Crippen molar-refractivity contribution >= 4 is 17.5 Å². The third-order valence-corrected chi connectivity index (χ3v) is 2.71. The van der Waals surface area contributed by atoms with Crippen LogP contribution in [0.3, 0.4) is 0 Å². The first-order valence-electron chi connectivity index (χ1n) is 6.34. The molecule has 0 bridgehead atoms. The molecule has 0 unspecified atom stereocenters. The van der Waals surface area contributed by atoms with Crippen LogP contribution in [-0.4, -0.2) is 38.9 Å². The van der Waals surface area contributed by atoms with E-state index < -0.39 is 11.8 Å². The summed E-state index contributed by atoms with van der Waals surface area (Å²) in [6, 6.07) is 2.99. The smallest absolute Gasteiger partial charge is 0.271 e. The van der Waals surface area contributed by atoms with Crippen LogP contribution in [0.5, 0.6) is 17.2 Å². The van der Waals surface area contributed by atoms with Crippen molar-refractivity contribution in [2.75, 3.05) is 21.3 Å². The average Bonchev–Trinajstić information content (AvgIpc) is 2.50. The highest BCUT2D eigenvalue weighted by atomic mass is 16.5. The zero-order valence-corrected chi connectivity index (χ0v) is 12.9. The van der Waals surface area contributed by atoms with Gasteiger partial charge in [-0.3, -0.25) is 9.59 Å². The highest BCUT2D eigenvalue weighted by molar-refractivity contribution is 6.01. The van der Waals surface area contributed by atoms with Crippen molar-refractivity contribution in [2.24, 2.45) is 10.8 Å². The Labute approximate surface area is 128 Å². The zero-order valence-electron chi connectivity index (χ0n) is 12.9. The second-order valence-electron chi connectivity index (χ2n) is 4.35. The maximum Gasteiger partial charge on any atom is 0.271 e. The molecule has 0 spiro atoms. The van der Waals surface area contributed by atoms with Crippen molar-refractivity contribution in [2.45, 2.75) is 13.3 Å². The second kappa shape index (κ2) is 7.87. The lowest BCUT2D eigenvalue weighted by atomic mass is 10.1. The topological polar surface area (TPSA) is 112 Å². The van der Waals surface area contributed by atoms with Crippen LogP contribution >= 0.6 is 0 Å². The van der Waals surface area contributed by atoms with Crippen molar-refractivity contribution in [1.82, 2.24) is 5.43 Å². The van der Waals surface area contributed by atoms with Crippen LogP contribution < -0.4 is 25.4 Å². The van der Waals surface area contributed by atoms with Crippen LogP contribution in [0.15, 0.2) is 17.2 Å². The summed E-state index contributed by atoms with van der Waals surface area (Å²) in [7, 11) is 4.37. The lowest BCUT2D eigenvalue weighted by molar-refractivity contribution is -0.116. The number of amides is 2. The number of rotatable bonds is 7. The summed E-state index contributed by atoms with van der Waals surface area (Å²) >= 11 is 0. The predicted octanol–water partition coefficient (Wildman–Crippen LogP) is 0.694. The summed E-state index contributed by atoms with van der Waals surface area (Å²) < 4.78 is 15.5. The number of nitrogens with two attached hydrogens (primary N) is 1. The first-order valence-corrected chi connectivity index (χ1v) is 6.34. The molecule has 0 radical (unpaired) electrons. The maximum absolute atomic E-state index is 12.1. The summed E-state index contributed by atoms with van der Waals surface area (Å²) in [6.45, 7) is 1.58. The number of carbonyl (C=O) groups excluding carboxylic acids is 2. The quantitative estimate of drug-likeness (QED) is 0.568. The number of ether oxygens (including phenoxy) is 3. The summed E-state index contributed by atoms with van der Waals surface area (Å²) in [5, 5.41) is 3.80. The Morgan fingerprint density at radius 3 is 2.09 bits per heavy atom. The molecule has 3 N–H and O–H groups in total. The van der Waals surface area contributed by atoms with E-state index in [4.69, 9.17) is 19.9 Å². The zero-order chi connectivity index (χ0) is 16.7. The van der Waals surface area contributed by atoms with Crippen molar-refractivity contribution in [1.29, 1.82) is 0 Å². The van der Waals surface area contributed by atoms with Crippen molar-refractivity contribution in [3.63, 3.8) is 0 Å². The van der Waals surface area contributed by atoms with E-state index in [0.29, 0.717) is 23.0 Å². The molecule has 8 nitrogen and oxygen atoms in total. The Morgan fingerprint density at radius 2 is 1.68 bits per heavy atom. The van der Waals surface area contributed by atoms with Crippen molar-refractivity contribution in [3.8, 4) is 17.2 Å². The van der Waals surface area contributed by atoms with Gasteiger partial charge in [0.1, 0.15) is 0 Å². The predicted molar refractivity (Wildman–Crippen MR) is 80.5 cm³/mol. The summed E-state index contributed by atoms with van der Waals surface area (Å²) in [5.41, 5.74) is 8.04. The molecule has 0 aromatic heterocycles. The van der Waals surface area contributed by atoms with Gasteiger partial charge in [0.2, 0.25) is 11.7 Å². The van der Waals surface area contributed by atoms with Gasteiger partial charge in [-0.05, 0) is 19.1 Å². The van der Waals surface area contributed by atoms with Gasteiger partial charge in [0.05, 0.1) is 27.8 Å². The molecular weight excluding hydrogens is 290 g/mol. The minimum atomic E-state index is -0.525. The van der Waals surface area contributed by atoms with Gasteiger partial charge in [-0.25, -0.2) is 5.43 Å². The Morgan fingerprint density at radius 1 is 1.14 bits per heavy atom. The minimum Gasteiger partial charge on any atom is -0.493 e. The largest absolute Gasteiger partial charge is 0.493 e. The fraction of sp³-hybridized carbons (Fsp3) is 0.357. The molecule has 1 aromatic carbocycles.